The fraction of sp³-hybridized carbons (Fsp3) is 0.211. The van der Waals surface area contributed by atoms with Gasteiger partial charge in [-0.25, -0.2) is 0 Å². The molecule has 2 rings (SSSR count). The number of rotatable bonds is 7. The number of hydrogen-bond donors (Lipinski definition) is 3. The lowest BCUT2D eigenvalue weighted by molar-refractivity contribution is -0.125. The molecule has 0 bridgehead atoms. The molecule has 0 spiro atoms. The molecule has 3 amide bonds. The zero-order valence-corrected chi connectivity index (χ0v) is 16.1. The number of carbonyl (C=O) groups excluding carboxylic acids is 3. The highest BCUT2D eigenvalue weighted by Crippen LogP contribution is 2.25. The molecular formula is C19H19Cl2N3O3. The van der Waals surface area contributed by atoms with Gasteiger partial charge in [0, 0.05) is 11.9 Å². The largest absolute Gasteiger partial charge is 0.349 e. The lowest BCUT2D eigenvalue weighted by atomic mass is 10.0. The maximum atomic E-state index is 12.2. The first-order valence-electron chi connectivity index (χ1n) is 8.19. The van der Waals surface area contributed by atoms with E-state index >= 15 is 0 Å². The summed E-state index contributed by atoms with van der Waals surface area (Å²) in [6.45, 7) is 1.15. The summed E-state index contributed by atoms with van der Waals surface area (Å²) in [4.78, 5) is 35.6. The third kappa shape index (κ3) is 6.92. The molecular weight excluding hydrogens is 389 g/mol. The topological polar surface area (TPSA) is 87.3 Å². The maximum absolute atomic E-state index is 12.2. The standard InChI is InChI=1S/C19H19Cl2N3O3/c1-12(25)23-16(13-5-3-2-4-6-13)10-18(26)22-11-19(27)24-17-9-14(20)7-8-15(17)21/h2-9,16H,10-11H2,1H3,(H,22,26)(H,23,25)(H,24,27)/t16-/m1/s1. The summed E-state index contributed by atoms with van der Waals surface area (Å²) < 4.78 is 0. The smallest absolute Gasteiger partial charge is 0.243 e. The van der Waals surface area contributed by atoms with Crippen LogP contribution in [-0.4, -0.2) is 24.3 Å². The van der Waals surface area contributed by atoms with Crippen LogP contribution in [0.2, 0.25) is 10.0 Å². The summed E-state index contributed by atoms with van der Waals surface area (Å²) in [5, 5.41) is 8.62. The van der Waals surface area contributed by atoms with E-state index in [2.05, 4.69) is 16.0 Å². The second kappa shape index (κ2) is 9.94. The van der Waals surface area contributed by atoms with Crippen molar-refractivity contribution < 1.29 is 14.4 Å². The molecule has 0 unspecified atom stereocenters. The van der Waals surface area contributed by atoms with E-state index in [9.17, 15) is 14.4 Å². The molecule has 2 aromatic rings. The van der Waals surface area contributed by atoms with Gasteiger partial charge in [-0.2, -0.15) is 0 Å². The molecule has 0 aliphatic heterocycles. The lowest BCUT2D eigenvalue weighted by Crippen LogP contribution is -2.36. The Morgan fingerprint density at radius 1 is 1.00 bits per heavy atom. The first-order valence-corrected chi connectivity index (χ1v) is 8.94. The van der Waals surface area contributed by atoms with E-state index in [1.165, 1.54) is 13.0 Å². The molecule has 0 saturated heterocycles. The quantitative estimate of drug-likeness (QED) is 0.657. The van der Waals surface area contributed by atoms with Crippen molar-refractivity contribution in [2.24, 2.45) is 0 Å². The van der Waals surface area contributed by atoms with Gasteiger partial charge in [0.25, 0.3) is 0 Å². The van der Waals surface area contributed by atoms with Gasteiger partial charge >= 0.3 is 0 Å². The van der Waals surface area contributed by atoms with Gasteiger partial charge in [-0.05, 0) is 23.8 Å². The zero-order valence-electron chi connectivity index (χ0n) is 14.6. The minimum atomic E-state index is -0.478. The third-order valence-corrected chi connectivity index (χ3v) is 4.18. The van der Waals surface area contributed by atoms with Crippen LogP contribution in [0.3, 0.4) is 0 Å². The van der Waals surface area contributed by atoms with Crippen LogP contribution in [0.1, 0.15) is 24.9 Å². The first kappa shape index (κ1) is 20.7. The molecule has 142 valence electrons. The van der Waals surface area contributed by atoms with Gasteiger partial charge in [-0.15, -0.1) is 0 Å². The van der Waals surface area contributed by atoms with Crippen LogP contribution in [0.25, 0.3) is 0 Å². The molecule has 0 heterocycles. The fourth-order valence-corrected chi connectivity index (χ4v) is 2.74. The number of benzene rings is 2. The normalized spacial score (nSPS) is 11.4. The second-order valence-corrected chi connectivity index (χ2v) is 6.66. The minimum Gasteiger partial charge on any atom is -0.349 e. The van der Waals surface area contributed by atoms with Crippen molar-refractivity contribution in [3.63, 3.8) is 0 Å². The SMILES string of the molecule is CC(=O)N[C@H](CC(=O)NCC(=O)Nc1cc(Cl)ccc1Cl)c1ccccc1. The average molecular weight is 408 g/mol. The Bertz CT molecular complexity index is 828. The van der Waals surface area contributed by atoms with Crippen molar-refractivity contribution in [2.45, 2.75) is 19.4 Å². The molecule has 0 aliphatic rings. The van der Waals surface area contributed by atoms with E-state index in [1.54, 1.807) is 12.1 Å². The predicted octanol–water partition coefficient (Wildman–Crippen LogP) is 3.32. The van der Waals surface area contributed by atoms with Crippen LogP contribution in [0.15, 0.2) is 48.5 Å². The summed E-state index contributed by atoms with van der Waals surface area (Å²) in [6, 6.07) is 13.3. The number of amides is 3. The molecule has 8 heteroatoms. The zero-order chi connectivity index (χ0) is 19.8. The molecule has 6 nitrogen and oxygen atoms in total. The van der Waals surface area contributed by atoms with Crippen molar-refractivity contribution >= 4 is 46.6 Å². The van der Waals surface area contributed by atoms with Gasteiger partial charge in [0.05, 0.1) is 29.7 Å². The van der Waals surface area contributed by atoms with E-state index in [1.807, 2.05) is 30.3 Å². The van der Waals surface area contributed by atoms with Gasteiger partial charge < -0.3 is 16.0 Å². The molecule has 2 aromatic carbocycles. The Kier molecular flexibility index (Phi) is 7.64. The molecule has 0 aliphatic carbocycles. The highest BCUT2D eigenvalue weighted by atomic mass is 35.5. The van der Waals surface area contributed by atoms with E-state index in [-0.39, 0.29) is 24.8 Å². The molecule has 0 aromatic heterocycles. The van der Waals surface area contributed by atoms with Gasteiger partial charge in [-0.1, -0.05) is 53.5 Å². The molecule has 3 N–H and O–H groups in total. The minimum absolute atomic E-state index is 0.00872. The van der Waals surface area contributed by atoms with Crippen molar-refractivity contribution in [2.75, 3.05) is 11.9 Å². The number of carbonyl (C=O) groups is 3. The van der Waals surface area contributed by atoms with Crippen LogP contribution in [0.5, 0.6) is 0 Å². The maximum Gasteiger partial charge on any atom is 0.243 e. The molecule has 1 atom stereocenters. The Balaban J connectivity index is 1.90. The van der Waals surface area contributed by atoms with Crippen molar-refractivity contribution in [1.29, 1.82) is 0 Å². The van der Waals surface area contributed by atoms with Crippen molar-refractivity contribution in [3.05, 3.63) is 64.1 Å². The third-order valence-electron chi connectivity index (χ3n) is 3.62. The van der Waals surface area contributed by atoms with Crippen LogP contribution in [-0.2, 0) is 14.4 Å². The van der Waals surface area contributed by atoms with Crippen molar-refractivity contribution in [3.8, 4) is 0 Å². The van der Waals surface area contributed by atoms with Gasteiger partial charge in [0.1, 0.15) is 0 Å². The highest BCUT2D eigenvalue weighted by Gasteiger charge is 2.17. The van der Waals surface area contributed by atoms with E-state index < -0.39 is 11.9 Å². The monoisotopic (exact) mass is 407 g/mol. The fourth-order valence-electron chi connectivity index (χ4n) is 2.41. The molecule has 27 heavy (non-hydrogen) atoms. The Morgan fingerprint density at radius 2 is 1.70 bits per heavy atom. The van der Waals surface area contributed by atoms with Gasteiger partial charge in [-0.3, -0.25) is 14.4 Å². The number of nitrogens with one attached hydrogen (secondary N) is 3. The van der Waals surface area contributed by atoms with Crippen LogP contribution < -0.4 is 16.0 Å². The van der Waals surface area contributed by atoms with E-state index in [4.69, 9.17) is 23.2 Å². The van der Waals surface area contributed by atoms with E-state index in [0.717, 1.165) is 5.56 Å². The number of halogens is 2. The van der Waals surface area contributed by atoms with Crippen LogP contribution in [0.4, 0.5) is 5.69 Å². The second-order valence-electron chi connectivity index (χ2n) is 5.82. The summed E-state index contributed by atoms with van der Waals surface area (Å²) in [6.07, 6.45) is 0.00872. The summed E-state index contributed by atoms with van der Waals surface area (Å²) in [7, 11) is 0. The molecule has 0 radical (unpaired) electrons. The number of hydrogen-bond acceptors (Lipinski definition) is 3. The Labute approximate surface area is 167 Å². The lowest BCUT2D eigenvalue weighted by Gasteiger charge is -2.18. The summed E-state index contributed by atoms with van der Waals surface area (Å²) in [5.41, 5.74) is 1.17. The molecule has 0 saturated carbocycles. The predicted molar refractivity (Wildman–Crippen MR) is 106 cm³/mol. The van der Waals surface area contributed by atoms with Crippen molar-refractivity contribution in [1.82, 2.24) is 10.6 Å². The van der Waals surface area contributed by atoms with Crippen LogP contribution in [0, 0.1) is 0 Å². The Hall–Kier alpha value is -2.57. The first-order chi connectivity index (χ1) is 12.8. The average Bonchev–Trinajstić information content (AvgIpc) is 2.63. The number of anilines is 1. The van der Waals surface area contributed by atoms with E-state index in [0.29, 0.717) is 15.7 Å². The molecule has 0 fully saturated rings. The van der Waals surface area contributed by atoms with Gasteiger partial charge in [0.15, 0.2) is 0 Å². The highest BCUT2D eigenvalue weighted by molar-refractivity contribution is 6.35. The Morgan fingerprint density at radius 3 is 2.37 bits per heavy atom. The van der Waals surface area contributed by atoms with Crippen LogP contribution >= 0.6 is 23.2 Å². The van der Waals surface area contributed by atoms with Gasteiger partial charge in [0.2, 0.25) is 17.7 Å². The summed E-state index contributed by atoms with van der Waals surface area (Å²) in [5.74, 6) is -1.06. The summed E-state index contributed by atoms with van der Waals surface area (Å²) >= 11 is 11.9.